The number of aromatic nitrogens is 1. The summed E-state index contributed by atoms with van der Waals surface area (Å²) in [6.45, 7) is 3.66. The number of amides is 1. The van der Waals surface area contributed by atoms with Crippen molar-refractivity contribution in [1.82, 2.24) is 10.3 Å². The summed E-state index contributed by atoms with van der Waals surface area (Å²) in [7, 11) is 0. The first-order valence-electron chi connectivity index (χ1n) is 5.55. The molecule has 0 saturated carbocycles. The molecule has 0 aromatic carbocycles. The number of carbonyl (C=O) groups excluding carboxylic acids is 1. The lowest BCUT2D eigenvalue weighted by Crippen LogP contribution is -2.27. The zero-order valence-electron chi connectivity index (χ0n) is 10.2. The van der Waals surface area contributed by atoms with Crippen LogP contribution in [0.2, 0.25) is 5.15 Å². The normalized spacial score (nSPS) is 11.9. The number of halogens is 1. The fourth-order valence-electron chi connectivity index (χ4n) is 1.39. The molecule has 0 bridgehead atoms. The molecule has 1 aromatic rings. The Hall–Kier alpha value is -1.62. The molecule has 0 saturated heterocycles. The maximum atomic E-state index is 11.8. The van der Waals surface area contributed by atoms with E-state index in [-0.39, 0.29) is 11.1 Å². The Balaban J connectivity index is 2.53. The van der Waals surface area contributed by atoms with Gasteiger partial charge in [0.25, 0.3) is 5.91 Å². The standard InChI is InChI=1S/C12H15ClN2O3/c1-7(12(17)18)3-4-14-11(16)9-5-8(2)15-10(13)6-9/h5-7H,3-4H2,1-2H3,(H,14,16)(H,17,18). The molecule has 0 aliphatic rings. The van der Waals surface area contributed by atoms with E-state index in [0.29, 0.717) is 24.2 Å². The third-order valence-corrected chi connectivity index (χ3v) is 2.66. The molecule has 6 heteroatoms. The molecule has 5 nitrogen and oxygen atoms in total. The smallest absolute Gasteiger partial charge is 0.306 e. The van der Waals surface area contributed by atoms with E-state index < -0.39 is 11.9 Å². The molecule has 0 aliphatic heterocycles. The lowest BCUT2D eigenvalue weighted by Gasteiger charge is -2.08. The summed E-state index contributed by atoms with van der Waals surface area (Å²) in [4.78, 5) is 26.3. The van der Waals surface area contributed by atoms with Gasteiger partial charge in [-0.2, -0.15) is 0 Å². The number of nitrogens with one attached hydrogen (secondary N) is 1. The van der Waals surface area contributed by atoms with Crippen molar-refractivity contribution >= 4 is 23.5 Å². The second kappa shape index (κ2) is 6.35. The Kier molecular flexibility index (Phi) is 5.09. The van der Waals surface area contributed by atoms with Gasteiger partial charge in [-0.3, -0.25) is 9.59 Å². The van der Waals surface area contributed by atoms with E-state index in [1.807, 2.05) is 0 Å². The fraction of sp³-hybridized carbons (Fsp3) is 0.417. The molecule has 1 amide bonds. The van der Waals surface area contributed by atoms with Gasteiger partial charge in [0, 0.05) is 17.8 Å². The summed E-state index contributed by atoms with van der Waals surface area (Å²) in [6, 6.07) is 3.10. The highest BCUT2D eigenvalue weighted by Gasteiger charge is 2.12. The Morgan fingerprint density at radius 1 is 1.50 bits per heavy atom. The van der Waals surface area contributed by atoms with Crippen molar-refractivity contribution < 1.29 is 14.7 Å². The van der Waals surface area contributed by atoms with Gasteiger partial charge in [0.2, 0.25) is 0 Å². The first-order valence-corrected chi connectivity index (χ1v) is 5.93. The number of rotatable bonds is 5. The first-order chi connectivity index (χ1) is 8.40. The summed E-state index contributed by atoms with van der Waals surface area (Å²) in [5.74, 6) is -1.62. The quantitative estimate of drug-likeness (QED) is 0.801. The van der Waals surface area contributed by atoms with Crippen molar-refractivity contribution in [3.05, 3.63) is 28.5 Å². The van der Waals surface area contributed by atoms with E-state index >= 15 is 0 Å². The third-order valence-electron chi connectivity index (χ3n) is 2.47. The van der Waals surface area contributed by atoms with Crippen molar-refractivity contribution in [3.63, 3.8) is 0 Å². The first kappa shape index (κ1) is 14.4. The average Bonchev–Trinajstić information content (AvgIpc) is 2.27. The lowest BCUT2D eigenvalue weighted by molar-refractivity contribution is -0.141. The number of carboxylic acids is 1. The van der Waals surface area contributed by atoms with Gasteiger partial charge in [0.1, 0.15) is 5.15 Å². The summed E-state index contributed by atoms with van der Waals surface area (Å²) in [6.07, 6.45) is 0.388. The van der Waals surface area contributed by atoms with Crippen molar-refractivity contribution in [2.75, 3.05) is 6.54 Å². The Labute approximate surface area is 110 Å². The van der Waals surface area contributed by atoms with Crippen LogP contribution in [0.3, 0.4) is 0 Å². The zero-order chi connectivity index (χ0) is 13.7. The van der Waals surface area contributed by atoms with Crippen molar-refractivity contribution in [2.24, 2.45) is 5.92 Å². The molecule has 0 fully saturated rings. The van der Waals surface area contributed by atoms with Crippen LogP contribution in [0.4, 0.5) is 0 Å². The Morgan fingerprint density at radius 2 is 2.17 bits per heavy atom. The summed E-state index contributed by atoms with van der Waals surface area (Å²) >= 11 is 5.75. The van der Waals surface area contributed by atoms with Crippen LogP contribution < -0.4 is 5.32 Å². The van der Waals surface area contributed by atoms with Gasteiger partial charge in [0.05, 0.1) is 5.92 Å². The molecule has 1 aromatic heterocycles. The third kappa shape index (κ3) is 4.33. The summed E-state index contributed by atoms with van der Waals surface area (Å²) in [5, 5.41) is 11.6. The number of aliphatic carboxylic acids is 1. The number of nitrogens with zero attached hydrogens (tertiary/aromatic N) is 1. The van der Waals surface area contributed by atoms with E-state index in [0.717, 1.165) is 0 Å². The number of hydrogen-bond acceptors (Lipinski definition) is 3. The van der Waals surface area contributed by atoms with Crippen LogP contribution in [0, 0.1) is 12.8 Å². The average molecular weight is 271 g/mol. The predicted octanol–water partition coefficient (Wildman–Crippen LogP) is 1.88. The Bertz CT molecular complexity index is 442. The van der Waals surface area contributed by atoms with Crippen molar-refractivity contribution in [3.8, 4) is 0 Å². The monoisotopic (exact) mass is 270 g/mol. The second-order valence-corrected chi connectivity index (χ2v) is 4.49. The van der Waals surface area contributed by atoms with Crippen LogP contribution in [0.1, 0.15) is 29.4 Å². The molecule has 1 unspecified atom stereocenters. The van der Waals surface area contributed by atoms with Gasteiger partial charge < -0.3 is 10.4 Å². The molecule has 2 N–H and O–H groups in total. The molecule has 18 heavy (non-hydrogen) atoms. The summed E-state index contributed by atoms with van der Waals surface area (Å²) < 4.78 is 0. The number of hydrogen-bond donors (Lipinski definition) is 2. The van der Waals surface area contributed by atoms with Gasteiger partial charge in [-0.25, -0.2) is 4.98 Å². The molecule has 98 valence electrons. The van der Waals surface area contributed by atoms with Gasteiger partial charge >= 0.3 is 5.97 Å². The van der Waals surface area contributed by atoms with E-state index in [9.17, 15) is 9.59 Å². The van der Waals surface area contributed by atoms with Crippen LogP contribution in [-0.4, -0.2) is 28.5 Å². The fourth-order valence-corrected chi connectivity index (χ4v) is 1.64. The van der Waals surface area contributed by atoms with E-state index in [1.165, 1.54) is 6.07 Å². The second-order valence-electron chi connectivity index (χ2n) is 4.10. The maximum absolute atomic E-state index is 11.8. The molecule has 1 heterocycles. The largest absolute Gasteiger partial charge is 0.481 e. The van der Waals surface area contributed by atoms with Crippen LogP contribution >= 0.6 is 11.6 Å². The van der Waals surface area contributed by atoms with Crippen LogP contribution in [0.15, 0.2) is 12.1 Å². The van der Waals surface area contributed by atoms with Gasteiger partial charge in [-0.05, 0) is 25.5 Å². The van der Waals surface area contributed by atoms with E-state index in [1.54, 1.807) is 19.9 Å². The molecule has 0 radical (unpaired) electrons. The van der Waals surface area contributed by atoms with E-state index in [4.69, 9.17) is 16.7 Å². The number of pyridine rings is 1. The highest BCUT2D eigenvalue weighted by Crippen LogP contribution is 2.10. The van der Waals surface area contributed by atoms with Crippen molar-refractivity contribution in [2.45, 2.75) is 20.3 Å². The number of aryl methyl sites for hydroxylation is 1. The van der Waals surface area contributed by atoms with Gasteiger partial charge in [-0.15, -0.1) is 0 Å². The van der Waals surface area contributed by atoms with Gasteiger partial charge in [0.15, 0.2) is 0 Å². The molecule has 0 spiro atoms. The lowest BCUT2D eigenvalue weighted by atomic mass is 10.1. The van der Waals surface area contributed by atoms with Crippen LogP contribution in [0.5, 0.6) is 0 Å². The predicted molar refractivity (Wildman–Crippen MR) is 67.7 cm³/mol. The molecule has 1 atom stereocenters. The minimum atomic E-state index is -0.868. The number of carbonyl (C=O) groups is 2. The molecular formula is C12H15ClN2O3. The number of carboxylic acid groups (broad SMARTS) is 1. The SMILES string of the molecule is Cc1cc(C(=O)NCCC(C)C(=O)O)cc(Cl)n1. The van der Waals surface area contributed by atoms with E-state index in [2.05, 4.69) is 10.3 Å². The summed E-state index contributed by atoms with van der Waals surface area (Å²) in [5.41, 5.74) is 1.09. The molecule has 0 aliphatic carbocycles. The minimum absolute atomic E-state index is 0.263. The van der Waals surface area contributed by atoms with Crippen LogP contribution in [-0.2, 0) is 4.79 Å². The topological polar surface area (TPSA) is 79.3 Å². The van der Waals surface area contributed by atoms with Gasteiger partial charge in [-0.1, -0.05) is 18.5 Å². The molecular weight excluding hydrogens is 256 g/mol. The highest BCUT2D eigenvalue weighted by molar-refractivity contribution is 6.29. The minimum Gasteiger partial charge on any atom is -0.481 e. The Morgan fingerprint density at radius 3 is 2.72 bits per heavy atom. The highest BCUT2D eigenvalue weighted by atomic mass is 35.5. The maximum Gasteiger partial charge on any atom is 0.306 e. The van der Waals surface area contributed by atoms with Crippen molar-refractivity contribution in [1.29, 1.82) is 0 Å². The zero-order valence-corrected chi connectivity index (χ0v) is 11.0. The van der Waals surface area contributed by atoms with Crippen LogP contribution in [0.25, 0.3) is 0 Å². The molecule has 1 rings (SSSR count).